The lowest BCUT2D eigenvalue weighted by Gasteiger charge is -2.33. The zero-order valence-electron chi connectivity index (χ0n) is 14.2. The van der Waals surface area contributed by atoms with Crippen LogP contribution in [-0.2, 0) is 11.2 Å². The number of para-hydroxylation sites is 1. The lowest BCUT2D eigenvalue weighted by Crippen LogP contribution is -2.42. The minimum absolute atomic E-state index is 0.166. The summed E-state index contributed by atoms with van der Waals surface area (Å²) in [5, 5.41) is 4.01. The van der Waals surface area contributed by atoms with E-state index in [0.29, 0.717) is 36.3 Å². The third-order valence-electron chi connectivity index (χ3n) is 4.49. The van der Waals surface area contributed by atoms with Gasteiger partial charge in [0.05, 0.1) is 12.7 Å². The van der Waals surface area contributed by atoms with E-state index in [-0.39, 0.29) is 5.91 Å². The lowest BCUT2D eigenvalue weighted by molar-refractivity contribution is -0.134. The van der Waals surface area contributed by atoms with Crippen LogP contribution < -0.4 is 4.74 Å². The highest BCUT2D eigenvalue weighted by atomic mass is 16.5. The van der Waals surface area contributed by atoms with Gasteiger partial charge in [-0.3, -0.25) is 4.79 Å². The molecule has 1 aromatic carbocycles. The number of likely N-dealkylation sites (tertiary alicyclic amines) is 1. The summed E-state index contributed by atoms with van der Waals surface area (Å²) >= 11 is 0. The molecule has 0 N–H and O–H groups in total. The quantitative estimate of drug-likeness (QED) is 0.843. The largest absolute Gasteiger partial charge is 0.496 e. The molecule has 0 aliphatic carbocycles. The van der Waals surface area contributed by atoms with E-state index in [1.807, 2.05) is 29.2 Å². The maximum absolute atomic E-state index is 12.4. The molecule has 128 valence electrons. The zero-order valence-corrected chi connectivity index (χ0v) is 14.2. The first-order valence-electron chi connectivity index (χ1n) is 8.44. The molecule has 1 aliphatic heterocycles. The molecule has 6 nitrogen and oxygen atoms in total. The van der Waals surface area contributed by atoms with Crippen molar-refractivity contribution < 1.29 is 14.1 Å². The number of rotatable bonds is 5. The van der Waals surface area contributed by atoms with Crippen molar-refractivity contribution in [3.05, 3.63) is 30.2 Å². The zero-order chi connectivity index (χ0) is 16.9. The second kappa shape index (κ2) is 7.47. The van der Waals surface area contributed by atoms with Crippen LogP contribution in [0.3, 0.4) is 0 Å². The van der Waals surface area contributed by atoms with Crippen LogP contribution in [0.5, 0.6) is 5.75 Å². The minimum atomic E-state index is 0.166. The summed E-state index contributed by atoms with van der Waals surface area (Å²) in [7, 11) is 1.61. The van der Waals surface area contributed by atoms with Crippen LogP contribution in [-0.4, -0.2) is 40.6 Å². The molecule has 0 bridgehead atoms. The molecule has 2 aromatic rings. The van der Waals surface area contributed by atoms with Gasteiger partial charge < -0.3 is 14.2 Å². The SMILES string of the molecule is COc1ccccc1-c1noc(CCC(=O)N2CCCCC2C)n1. The molecule has 24 heavy (non-hydrogen) atoms. The van der Waals surface area contributed by atoms with Crippen LogP contribution in [0.4, 0.5) is 0 Å². The fourth-order valence-corrected chi connectivity index (χ4v) is 3.12. The summed E-state index contributed by atoms with van der Waals surface area (Å²) < 4.78 is 10.6. The van der Waals surface area contributed by atoms with Crippen LogP contribution in [0.15, 0.2) is 28.8 Å². The molecule has 1 atom stereocenters. The molecule has 0 spiro atoms. The number of aromatic nitrogens is 2. The van der Waals surface area contributed by atoms with E-state index in [4.69, 9.17) is 9.26 Å². The predicted molar refractivity (Wildman–Crippen MR) is 89.6 cm³/mol. The molecule has 1 saturated heterocycles. The maximum atomic E-state index is 12.4. The molecule has 1 fully saturated rings. The average Bonchev–Trinajstić information content (AvgIpc) is 3.09. The number of carbonyl (C=O) groups excluding carboxylic acids is 1. The van der Waals surface area contributed by atoms with Gasteiger partial charge in [-0.2, -0.15) is 4.98 Å². The fraction of sp³-hybridized carbons (Fsp3) is 0.500. The number of aryl methyl sites for hydroxylation is 1. The molecule has 1 aliphatic rings. The summed E-state index contributed by atoms with van der Waals surface area (Å²) in [6.45, 7) is 2.97. The number of ether oxygens (including phenoxy) is 1. The molecule has 3 rings (SSSR count). The van der Waals surface area contributed by atoms with Crippen molar-refractivity contribution in [1.82, 2.24) is 15.0 Å². The molecule has 0 radical (unpaired) electrons. The van der Waals surface area contributed by atoms with Crippen molar-refractivity contribution in [1.29, 1.82) is 0 Å². The van der Waals surface area contributed by atoms with Gasteiger partial charge in [0.15, 0.2) is 0 Å². The monoisotopic (exact) mass is 329 g/mol. The molecule has 1 aromatic heterocycles. The van der Waals surface area contributed by atoms with Crippen LogP contribution in [0, 0.1) is 0 Å². The number of hydrogen-bond donors (Lipinski definition) is 0. The Bertz CT molecular complexity index is 698. The highest BCUT2D eigenvalue weighted by Crippen LogP contribution is 2.27. The Morgan fingerprint density at radius 2 is 2.21 bits per heavy atom. The summed E-state index contributed by atoms with van der Waals surface area (Å²) in [5.74, 6) is 1.83. The van der Waals surface area contributed by atoms with Crippen molar-refractivity contribution in [2.45, 2.75) is 45.1 Å². The van der Waals surface area contributed by atoms with Crippen molar-refractivity contribution in [3.8, 4) is 17.1 Å². The van der Waals surface area contributed by atoms with Crippen LogP contribution >= 0.6 is 0 Å². The van der Waals surface area contributed by atoms with Crippen molar-refractivity contribution in [2.24, 2.45) is 0 Å². The van der Waals surface area contributed by atoms with Gasteiger partial charge in [0.25, 0.3) is 0 Å². The second-order valence-corrected chi connectivity index (χ2v) is 6.14. The van der Waals surface area contributed by atoms with Gasteiger partial charge >= 0.3 is 0 Å². The topological polar surface area (TPSA) is 68.5 Å². The molecule has 6 heteroatoms. The Morgan fingerprint density at radius 3 is 3.00 bits per heavy atom. The molecular weight excluding hydrogens is 306 g/mol. The van der Waals surface area contributed by atoms with E-state index in [1.54, 1.807) is 7.11 Å². The van der Waals surface area contributed by atoms with Crippen molar-refractivity contribution >= 4 is 5.91 Å². The van der Waals surface area contributed by atoms with Gasteiger partial charge in [0.1, 0.15) is 5.75 Å². The fourth-order valence-electron chi connectivity index (χ4n) is 3.12. The first kappa shape index (κ1) is 16.5. The standard InChI is InChI=1S/C18H23N3O3/c1-13-7-5-6-12-21(13)17(22)11-10-16-19-18(20-24-16)14-8-3-4-9-15(14)23-2/h3-4,8-9,13H,5-7,10-12H2,1-2H3. The van der Waals surface area contributed by atoms with Crippen LogP contribution in [0.2, 0.25) is 0 Å². The molecular formula is C18H23N3O3. The third-order valence-corrected chi connectivity index (χ3v) is 4.49. The van der Waals surface area contributed by atoms with E-state index >= 15 is 0 Å². The van der Waals surface area contributed by atoms with E-state index in [0.717, 1.165) is 24.9 Å². The minimum Gasteiger partial charge on any atom is -0.496 e. The molecule has 1 amide bonds. The molecule has 2 heterocycles. The highest BCUT2D eigenvalue weighted by Gasteiger charge is 2.23. The highest BCUT2D eigenvalue weighted by molar-refractivity contribution is 5.76. The Labute approximate surface area is 141 Å². The summed E-state index contributed by atoms with van der Waals surface area (Å²) in [6, 6.07) is 7.86. The Balaban J connectivity index is 1.63. The second-order valence-electron chi connectivity index (χ2n) is 6.14. The maximum Gasteiger partial charge on any atom is 0.227 e. The number of carbonyl (C=O) groups is 1. The van der Waals surface area contributed by atoms with E-state index in [2.05, 4.69) is 17.1 Å². The van der Waals surface area contributed by atoms with Crippen LogP contribution in [0.25, 0.3) is 11.4 Å². The van der Waals surface area contributed by atoms with E-state index in [1.165, 1.54) is 6.42 Å². The Hall–Kier alpha value is -2.37. The predicted octanol–water partition coefficient (Wildman–Crippen LogP) is 3.08. The Kier molecular flexibility index (Phi) is 5.13. The van der Waals surface area contributed by atoms with E-state index in [9.17, 15) is 4.79 Å². The first-order chi connectivity index (χ1) is 11.7. The summed E-state index contributed by atoms with van der Waals surface area (Å²) in [4.78, 5) is 18.7. The number of piperidine rings is 1. The number of amides is 1. The van der Waals surface area contributed by atoms with Gasteiger partial charge in [-0.1, -0.05) is 17.3 Å². The van der Waals surface area contributed by atoms with Gasteiger partial charge in [0, 0.05) is 25.4 Å². The van der Waals surface area contributed by atoms with Crippen molar-refractivity contribution in [3.63, 3.8) is 0 Å². The van der Waals surface area contributed by atoms with E-state index < -0.39 is 0 Å². The third kappa shape index (κ3) is 3.58. The normalized spacial score (nSPS) is 17.8. The van der Waals surface area contributed by atoms with Gasteiger partial charge in [-0.15, -0.1) is 0 Å². The Morgan fingerprint density at radius 1 is 1.38 bits per heavy atom. The van der Waals surface area contributed by atoms with Gasteiger partial charge in [-0.25, -0.2) is 0 Å². The first-order valence-corrected chi connectivity index (χ1v) is 8.44. The van der Waals surface area contributed by atoms with Crippen LogP contribution in [0.1, 0.15) is 38.5 Å². The smallest absolute Gasteiger partial charge is 0.227 e. The van der Waals surface area contributed by atoms with Gasteiger partial charge in [-0.05, 0) is 38.3 Å². The average molecular weight is 329 g/mol. The van der Waals surface area contributed by atoms with Gasteiger partial charge in [0.2, 0.25) is 17.6 Å². The number of nitrogens with zero attached hydrogens (tertiary/aromatic N) is 3. The number of benzene rings is 1. The molecule has 1 unspecified atom stereocenters. The van der Waals surface area contributed by atoms with Crippen molar-refractivity contribution in [2.75, 3.05) is 13.7 Å². The molecule has 0 saturated carbocycles. The summed E-state index contributed by atoms with van der Waals surface area (Å²) in [6.07, 6.45) is 4.25. The number of hydrogen-bond acceptors (Lipinski definition) is 5. The lowest BCUT2D eigenvalue weighted by atomic mass is 10.0. The summed E-state index contributed by atoms with van der Waals surface area (Å²) in [5.41, 5.74) is 0.783. The number of methoxy groups -OCH3 is 1.